The number of hydrogen-bond donors (Lipinski definition) is 3. The van der Waals surface area contributed by atoms with Crippen molar-refractivity contribution in [3.63, 3.8) is 0 Å². The van der Waals surface area contributed by atoms with E-state index in [4.69, 9.17) is 4.55 Å². The maximum atomic E-state index is 10.1. The summed E-state index contributed by atoms with van der Waals surface area (Å²) in [5.41, 5.74) is 4.50. The van der Waals surface area contributed by atoms with Gasteiger partial charge < -0.3 is 11.1 Å². The number of amides is 1. The summed E-state index contributed by atoms with van der Waals surface area (Å²) >= 11 is 0. The summed E-state index contributed by atoms with van der Waals surface area (Å²) in [7, 11) is -2.43. The number of benzene rings is 1. The molecular weight excluding hydrogens is 256 g/mol. The fourth-order valence-corrected chi connectivity index (χ4v) is 1.10. The molecule has 18 heavy (non-hydrogen) atoms. The lowest BCUT2D eigenvalue weighted by molar-refractivity contribution is -0.118. The van der Waals surface area contributed by atoms with Crippen LogP contribution in [0.3, 0.4) is 0 Å². The van der Waals surface area contributed by atoms with E-state index in [2.05, 4.69) is 11.1 Å². The molecule has 0 fully saturated rings. The molecule has 0 aliphatic heterocycles. The molecule has 0 saturated heterocycles. The van der Waals surface area contributed by atoms with Gasteiger partial charge in [-0.1, -0.05) is 36.4 Å². The van der Waals surface area contributed by atoms with Crippen LogP contribution in [0.5, 0.6) is 0 Å². The fraction of sp³-hybridized carbons (Fsp3) is 0.364. The van der Waals surface area contributed by atoms with Crippen molar-refractivity contribution >= 4 is 16.0 Å². The van der Waals surface area contributed by atoms with Crippen LogP contribution in [0.15, 0.2) is 36.4 Å². The number of rotatable bonds is 3. The predicted octanol–water partition coefficient (Wildman–Crippen LogP) is 0.272. The molecule has 0 heterocycles. The van der Waals surface area contributed by atoms with Gasteiger partial charge in [0.2, 0.25) is 5.91 Å². The highest BCUT2D eigenvalue weighted by molar-refractivity contribution is 7.85. The van der Waals surface area contributed by atoms with Gasteiger partial charge in [-0.15, -0.1) is 0 Å². The summed E-state index contributed by atoms with van der Waals surface area (Å²) in [5.74, 6) is -0.754. The average molecular weight is 276 g/mol. The van der Waals surface area contributed by atoms with Crippen LogP contribution in [-0.2, 0) is 14.9 Å². The van der Waals surface area contributed by atoms with Crippen molar-refractivity contribution in [2.24, 2.45) is 5.73 Å². The van der Waals surface area contributed by atoms with Crippen LogP contribution in [0.25, 0.3) is 0 Å². The first-order valence-corrected chi connectivity index (χ1v) is 6.80. The van der Waals surface area contributed by atoms with Gasteiger partial charge in [0, 0.05) is 13.5 Å². The molecule has 104 valence electrons. The minimum absolute atomic E-state index is 0.0475. The molecule has 1 amide bonds. The second-order valence-electron chi connectivity index (χ2n) is 2.92. The normalized spacial score (nSPS) is 9.11. The van der Waals surface area contributed by atoms with Gasteiger partial charge in [-0.2, -0.15) is 8.42 Å². The minimum atomic E-state index is -3.93. The lowest BCUT2D eigenvalue weighted by atomic mass is 10.4. The van der Waals surface area contributed by atoms with Crippen LogP contribution in [0.1, 0.15) is 6.92 Å². The van der Waals surface area contributed by atoms with Gasteiger partial charge in [0.15, 0.2) is 0 Å². The smallest absolute Gasteiger partial charge is 0.266 e. The first kappa shape index (κ1) is 18.9. The zero-order chi connectivity index (χ0) is 14.4. The Bertz CT molecular complexity index is 366. The first-order chi connectivity index (χ1) is 8.42. The lowest BCUT2D eigenvalue weighted by Crippen LogP contribution is -2.26. The quantitative estimate of drug-likeness (QED) is 0.687. The molecule has 6 nitrogen and oxygen atoms in total. The number of carbonyl (C=O) groups excluding carboxylic acids is 1. The van der Waals surface area contributed by atoms with Crippen molar-refractivity contribution in [2.45, 2.75) is 6.92 Å². The first-order valence-electron chi connectivity index (χ1n) is 5.19. The van der Waals surface area contributed by atoms with Gasteiger partial charge in [0.1, 0.15) is 0 Å². The highest BCUT2D eigenvalue weighted by atomic mass is 32.2. The molecule has 0 saturated carbocycles. The van der Waals surface area contributed by atoms with Crippen molar-refractivity contribution < 1.29 is 17.8 Å². The van der Waals surface area contributed by atoms with Gasteiger partial charge >= 0.3 is 0 Å². The molecule has 0 aliphatic carbocycles. The number of carbonyl (C=O) groups is 1. The van der Waals surface area contributed by atoms with Crippen molar-refractivity contribution in [2.75, 3.05) is 19.3 Å². The summed E-state index contributed by atoms with van der Waals surface area (Å²) in [4.78, 5) is 10.1. The van der Waals surface area contributed by atoms with E-state index in [1.807, 2.05) is 36.4 Å². The van der Waals surface area contributed by atoms with Gasteiger partial charge in [-0.05, 0) is 7.05 Å². The largest absolute Gasteiger partial charge is 0.355 e. The van der Waals surface area contributed by atoms with E-state index in [0.717, 1.165) is 0 Å². The van der Waals surface area contributed by atoms with Crippen LogP contribution in [-0.4, -0.2) is 38.2 Å². The summed E-state index contributed by atoms with van der Waals surface area (Å²) < 4.78 is 28.2. The molecule has 7 heteroatoms. The van der Waals surface area contributed by atoms with E-state index in [0.29, 0.717) is 0 Å². The number of hydrogen-bond acceptors (Lipinski definition) is 4. The Morgan fingerprint density at radius 3 is 1.67 bits per heavy atom. The van der Waals surface area contributed by atoms with Crippen molar-refractivity contribution in [1.29, 1.82) is 0 Å². The van der Waals surface area contributed by atoms with E-state index in [9.17, 15) is 13.2 Å². The van der Waals surface area contributed by atoms with E-state index in [1.54, 1.807) is 0 Å². The third-order valence-electron chi connectivity index (χ3n) is 1.40. The van der Waals surface area contributed by atoms with Crippen LogP contribution >= 0.6 is 0 Å². The number of nitrogens with two attached hydrogens (primary N) is 1. The Balaban J connectivity index is 0. The summed E-state index contributed by atoms with van der Waals surface area (Å²) in [6, 6.07) is 12.0. The Morgan fingerprint density at radius 1 is 1.11 bits per heavy atom. The molecule has 1 aromatic carbocycles. The predicted molar refractivity (Wildman–Crippen MR) is 71.7 cm³/mol. The monoisotopic (exact) mass is 276 g/mol. The summed E-state index contributed by atoms with van der Waals surface area (Å²) in [6.45, 7) is 1.22. The fourth-order valence-electron chi connectivity index (χ4n) is 0.741. The molecule has 0 atom stereocenters. The maximum absolute atomic E-state index is 10.1. The standard InChI is InChI=1S/C6H6.C4H9NO4S.CH5N/c1-2-4-6-5-3-1;1-4(6)5-2-3-10(7,8)9;1-2/h1-6H;2-3H2,1H3,(H,5,6)(H,7,8,9);2H2,1H3. The van der Waals surface area contributed by atoms with Gasteiger partial charge in [0.05, 0.1) is 5.75 Å². The topological polar surface area (TPSA) is 109 Å². The van der Waals surface area contributed by atoms with E-state index in [-0.39, 0.29) is 12.5 Å². The molecular formula is C11H20N2O4S. The molecule has 1 aromatic rings. The molecule has 4 N–H and O–H groups in total. The summed E-state index contributed by atoms with van der Waals surface area (Å²) in [6.07, 6.45) is 0. The molecule has 0 aliphatic rings. The SMILES string of the molecule is CC(=O)NCCS(=O)(=O)O.CN.c1ccccc1. The summed E-state index contributed by atoms with van der Waals surface area (Å²) in [5, 5.41) is 2.22. The third kappa shape index (κ3) is 20.0. The highest BCUT2D eigenvalue weighted by Crippen LogP contribution is 1.80. The number of nitrogens with one attached hydrogen (secondary N) is 1. The zero-order valence-electron chi connectivity index (χ0n) is 10.5. The molecule has 0 bridgehead atoms. The Labute approximate surface area is 108 Å². The Hall–Kier alpha value is -1.44. The van der Waals surface area contributed by atoms with Crippen LogP contribution in [0.2, 0.25) is 0 Å². The molecule has 0 radical (unpaired) electrons. The average Bonchev–Trinajstić information content (AvgIpc) is 2.32. The second kappa shape index (κ2) is 12.0. The van der Waals surface area contributed by atoms with E-state index in [1.165, 1.54) is 14.0 Å². The molecule has 0 unspecified atom stereocenters. The molecule has 1 rings (SSSR count). The minimum Gasteiger partial charge on any atom is -0.355 e. The van der Waals surface area contributed by atoms with Crippen molar-refractivity contribution in [3.8, 4) is 0 Å². The Kier molecular flexibility index (Phi) is 12.6. The molecule has 0 spiro atoms. The van der Waals surface area contributed by atoms with Crippen LogP contribution < -0.4 is 11.1 Å². The maximum Gasteiger partial charge on any atom is 0.266 e. The van der Waals surface area contributed by atoms with Crippen molar-refractivity contribution in [3.05, 3.63) is 36.4 Å². The zero-order valence-corrected chi connectivity index (χ0v) is 11.4. The Morgan fingerprint density at radius 2 is 1.44 bits per heavy atom. The van der Waals surface area contributed by atoms with Gasteiger partial charge in [-0.3, -0.25) is 9.35 Å². The van der Waals surface area contributed by atoms with Crippen LogP contribution in [0.4, 0.5) is 0 Å². The second-order valence-corrected chi connectivity index (χ2v) is 4.50. The van der Waals surface area contributed by atoms with Crippen LogP contribution in [0, 0.1) is 0 Å². The van der Waals surface area contributed by atoms with Gasteiger partial charge in [0.25, 0.3) is 10.1 Å². The third-order valence-corrected chi connectivity index (χ3v) is 2.12. The van der Waals surface area contributed by atoms with Crippen molar-refractivity contribution in [1.82, 2.24) is 5.32 Å². The van der Waals surface area contributed by atoms with E-state index >= 15 is 0 Å². The van der Waals surface area contributed by atoms with Gasteiger partial charge in [-0.25, -0.2) is 0 Å². The highest BCUT2D eigenvalue weighted by Gasteiger charge is 2.02. The lowest BCUT2D eigenvalue weighted by Gasteiger charge is -1.97. The molecule has 0 aromatic heterocycles. The van der Waals surface area contributed by atoms with E-state index < -0.39 is 15.9 Å².